The van der Waals surface area contributed by atoms with E-state index >= 15 is 0 Å². The molecule has 0 spiro atoms. The molecule has 0 unspecified atom stereocenters. The van der Waals surface area contributed by atoms with Crippen LogP contribution in [0.4, 0.5) is 4.79 Å². The van der Waals surface area contributed by atoms with Crippen LogP contribution in [0.25, 0.3) is 0 Å². The van der Waals surface area contributed by atoms with Gasteiger partial charge in [0.25, 0.3) is 0 Å². The number of amides is 2. The van der Waals surface area contributed by atoms with Crippen molar-refractivity contribution in [2.24, 2.45) is 0 Å². The van der Waals surface area contributed by atoms with Crippen LogP contribution in [0.3, 0.4) is 0 Å². The molecule has 1 atom stereocenters. The van der Waals surface area contributed by atoms with E-state index in [0.717, 1.165) is 19.3 Å². The Morgan fingerprint density at radius 2 is 1.74 bits per heavy atom. The Labute approximate surface area is 111 Å². The van der Waals surface area contributed by atoms with E-state index < -0.39 is 18.0 Å². The predicted molar refractivity (Wildman–Crippen MR) is 66.9 cm³/mol. The third kappa shape index (κ3) is 5.58. The number of carbonyl (C=O) groups is 3. The van der Waals surface area contributed by atoms with Crippen LogP contribution in [0.15, 0.2) is 0 Å². The number of carbonyl (C=O) groups excluding carboxylic acids is 1. The number of urea groups is 1. The van der Waals surface area contributed by atoms with E-state index in [-0.39, 0.29) is 25.3 Å². The SMILES string of the molecule is O=C(O)CCC[C@@H](NC(=O)N1CCCCC1)C(=O)O. The lowest BCUT2D eigenvalue weighted by Gasteiger charge is -2.28. The fourth-order valence-corrected chi connectivity index (χ4v) is 2.05. The number of carboxylic acids is 2. The highest BCUT2D eigenvalue weighted by Crippen LogP contribution is 2.09. The van der Waals surface area contributed by atoms with Gasteiger partial charge in [0, 0.05) is 19.5 Å². The molecule has 1 saturated heterocycles. The van der Waals surface area contributed by atoms with Gasteiger partial charge in [-0.3, -0.25) is 4.79 Å². The molecule has 1 rings (SSSR count). The maximum absolute atomic E-state index is 11.8. The highest BCUT2D eigenvalue weighted by atomic mass is 16.4. The van der Waals surface area contributed by atoms with Crippen molar-refractivity contribution in [2.45, 2.75) is 44.6 Å². The first-order valence-corrected chi connectivity index (χ1v) is 6.50. The first-order valence-electron chi connectivity index (χ1n) is 6.50. The number of piperidine rings is 1. The topological polar surface area (TPSA) is 107 Å². The van der Waals surface area contributed by atoms with Crippen molar-refractivity contribution >= 4 is 18.0 Å². The van der Waals surface area contributed by atoms with Crippen molar-refractivity contribution in [1.29, 1.82) is 0 Å². The van der Waals surface area contributed by atoms with Gasteiger partial charge in [-0.05, 0) is 32.1 Å². The van der Waals surface area contributed by atoms with E-state index in [1.54, 1.807) is 4.90 Å². The summed E-state index contributed by atoms with van der Waals surface area (Å²) in [6.07, 6.45) is 3.22. The predicted octanol–water partition coefficient (Wildman–Crippen LogP) is 0.890. The van der Waals surface area contributed by atoms with Crippen molar-refractivity contribution in [1.82, 2.24) is 10.2 Å². The van der Waals surface area contributed by atoms with Crippen LogP contribution in [-0.2, 0) is 9.59 Å². The lowest BCUT2D eigenvalue weighted by Crippen LogP contribution is -2.49. The van der Waals surface area contributed by atoms with Crippen LogP contribution in [0.1, 0.15) is 38.5 Å². The lowest BCUT2D eigenvalue weighted by atomic mass is 10.1. The monoisotopic (exact) mass is 272 g/mol. The Bertz CT molecular complexity index is 339. The molecule has 1 aliphatic heterocycles. The minimum atomic E-state index is -1.13. The molecule has 0 aliphatic carbocycles. The molecule has 0 aromatic rings. The van der Waals surface area contributed by atoms with Crippen LogP contribution in [0, 0.1) is 0 Å². The molecule has 0 saturated carbocycles. The Hall–Kier alpha value is -1.79. The molecule has 108 valence electrons. The van der Waals surface area contributed by atoms with Gasteiger partial charge in [-0.2, -0.15) is 0 Å². The molecule has 1 aliphatic rings. The second kappa shape index (κ2) is 7.60. The molecular formula is C12H20N2O5. The zero-order chi connectivity index (χ0) is 14.3. The smallest absolute Gasteiger partial charge is 0.326 e. The second-order valence-corrected chi connectivity index (χ2v) is 4.67. The average Bonchev–Trinajstić information content (AvgIpc) is 2.37. The Balaban J connectivity index is 2.41. The summed E-state index contributed by atoms with van der Waals surface area (Å²) in [6, 6.07) is -1.39. The molecular weight excluding hydrogens is 252 g/mol. The summed E-state index contributed by atoms with van der Waals surface area (Å²) < 4.78 is 0. The zero-order valence-corrected chi connectivity index (χ0v) is 10.8. The van der Waals surface area contributed by atoms with Crippen molar-refractivity contribution in [3.8, 4) is 0 Å². The van der Waals surface area contributed by atoms with Gasteiger partial charge in [-0.1, -0.05) is 0 Å². The van der Waals surface area contributed by atoms with Crippen LogP contribution < -0.4 is 5.32 Å². The van der Waals surface area contributed by atoms with Gasteiger partial charge < -0.3 is 20.4 Å². The first kappa shape index (κ1) is 15.3. The molecule has 0 bridgehead atoms. The summed E-state index contributed by atoms with van der Waals surface area (Å²) in [5.41, 5.74) is 0. The maximum Gasteiger partial charge on any atom is 0.326 e. The molecule has 7 nitrogen and oxygen atoms in total. The molecule has 19 heavy (non-hydrogen) atoms. The van der Waals surface area contributed by atoms with Crippen LogP contribution in [0.5, 0.6) is 0 Å². The zero-order valence-electron chi connectivity index (χ0n) is 10.8. The fraction of sp³-hybridized carbons (Fsp3) is 0.750. The van der Waals surface area contributed by atoms with E-state index in [1.165, 1.54) is 0 Å². The lowest BCUT2D eigenvalue weighted by molar-refractivity contribution is -0.140. The molecule has 3 N–H and O–H groups in total. The summed E-state index contributed by atoms with van der Waals surface area (Å²) in [4.78, 5) is 34.8. The van der Waals surface area contributed by atoms with Crippen LogP contribution in [-0.4, -0.2) is 52.2 Å². The standard InChI is InChI=1S/C12H20N2O5/c15-10(16)6-4-5-9(11(17)18)13-12(19)14-7-2-1-3-8-14/h9H,1-8H2,(H,13,19)(H,15,16)(H,17,18)/t9-/m1/s1. The van der Waals surface area contributed by atoms with E-state index in [0.29, 0.717) is 13.1 Å². The first-order chi connectivity index (χ1) is 9.00. The molecule has 0 aromatic carbocycles. The van der Waals surface area contributed by atoms with Gasteiger partial charge in [-0.15, -0.1) is 0 Å². The number of hydrogen-bond donors (Lipinski definition) is 3. The van der Waals surface area contributed by atoms with Crippen LogP contribution in [0.2, 0.25) is 0 Å². The van der Waals surface area contributed by atoms with Crippen molar-refractivity contribution in [3.63, 3.8) is 0 Å². The number of rotatable bonds is 6. The number of nitrogens with zero attached hydrogens (tertiary/aromatic N) is 1. The fourth-order valence-electron chi connectivity index (χ4n) is 2.05. The van der Waals surface area contributed by atoms with E-state index in [9.17, 15) is 14.4 Å². The summed E-state index contributed by atoms with van der Waals surface area (Å²) in [5.74, 6) is -2.10. The van der Waals surface area contributed by atoms with Gasteiger partial charge >= 0.3 is 18.0 Å². The molecule has 2 amide bonds. The Kier molecular flexibility index (Phi) is 6.11. The van der Waals surface area contributed by atoms with Crippen molar-refractivity contribution in [2.75, 3.05) is 13.1 Å². The summed E-state index contributed by atoms with van der Waals surface area (Å²) in [6.45, 7) is 1.29. The van der Waals surface area contributed by atoms with E-state index in [2.05, 4.69) is 5.32 Å². The molecule has 0 radical (unpaired) electrons. The van der Waals surface area contributed by atoms with Crippen molar-refractivity contribution in [3.05, 3.63) is 0 Å². The molecule has 7 heteroatoms. The van der Waals surface area contributed by atoms with E-state index in [1.807, 2.05) is 0 Å². The third-order valence-electron chi connectivity index (χ3n) is 3.12. The van der Waals surface area contributed by atoms with Gasteiger partial charge in [0.15, 0.2) is 0 Å². The molecule has 1 heterocycles. The maximum atomic E-state index is 11.8. The number of aliphatic carboxylic acids is 2. The Morgan fingerprint density at radius 1 is 1.11 bits per heavy atom. The van der Waals surface area contributed by atoms with Gasteiger partial charge in [-0.25, -0.2) is 9.59 Å². The van der Waals surface area contributed by atoms with Gasteiger partial charge in [0.05, 0.1) is 0 Å². The number of likely N-dealkylation sites (tertiary alicyclic amines) is 1. The van der Waals surface area contributed by atoms with Gasteiger partial charge in [0.1, 0.15) is 6.04 Å². The summed E-state index contributed by atoms with van der Waals surface area (Å²) >= 11 is 0. The number of carboxylic acid groups (broad SMARTS) is 2. The highest BCUT2D eigenvalue weighted by Gasteiger charge is 2.23. The quantitative estimate of drug-likeness (QED) is 0.665. The minimum absolute atomic E-state index is 0.0939. The van der Waals surface area contributed by atoms with Crippen LogP contribution >= 0.6 is 0 Å². The van der Waals surface area contributed by atoms with Crippen molar-refractivity contribution < 1.29 is 24.6 Å². The van der Waals surface area contributed by atoms with E-state index in [4.69, 9.17) is 10.2 Å². The summed E-state index contributed by atoms with van der Waals surface area (Å²) in [5, 5.41) is 20.0. The van der Waals surface area contributed by atoms with Gasteiger partial charge in [0.2, 0.25) is 0 Å². The highest BCUT2D eigenvalue weighted by molar-refractivity contribution is 5.82. The average molecular weight is 272 g/mol. The number of hydrogen-bond acceptors (Lipinski definition) is 3. The molecule has 0 aromatic heterocycles. The second-order valence-electron chi connectivity index (χ2n) is 4.67. The largest absolute Gasteiger partial charge is 0.481 e. The Morgan fingerprint density at radius 3 is 2.26 bits per heavy atom. The third-order valence-corrected chi connectivity index (χ3v) is 3.12. The normalized spacial score (nSPS) is 16.7. The molecule has 1 fully saturated rings. The summed E-state index contributed by atoms with van der Waals surface area (Å²) in [7, 11) is 0. The minimum Gasteiger partial charge on any atom is -0.481 e. The number of nitrogens with one attached hydrogen (secondary N) is 1.